The molecule has 0 aromatic heterocycles. The number of anilines is 1. The van der Waals surface area contributed by atoms with Gasteiger partial charge < -0.3 is 15.1 Å². The first-order valence-corrected chi connectivity index (χ1v) is 10.7. The van der Waals surface area contributed by atoms with Gasteiger partial charge >= 0.3 is 5.97 Å². The van der Waals surface area contributed by atoms with Crippen LogP contribution in [-0.4, -0.2) is 66.0 Å². The van der Waals surface area contributed by atoms with Crippen LogP contribution in [0.3, 0.4) is 0 Å². The number of piperazine rings is 1. The fraction of sp³-hybridized carbons (Fsp3) is 0.333. The highest BCUT2D eigenvalue weighted by Gasteiger charge is 2.25. The molecule has 2 aliphatic rings. The van der Waals surface area contributed by atoms with Gasteiger partial charge in [0.1, 0.15) is 5.71 Å². The van der Waals surface area contributed by atoms with Gasteiger partial charge in [0.2, 0.25) is 5.91 Å². The number of aryl methyl sites for hydroxylation is 1. The minimum Gasteiger partial charge on any atom is -0.336 e. The van der Waals surface area contributed by atoms with Crippen molar-refractivity contribution in [1.82, 2.24) is 9.80 Å². The van der Waals surface area contributed by atoms with Crippen LogP contribution in [0.5, 0.6) is 0 Å². The van der Waals surface area contributed by atoms with Crippen molar-refractivity contribution in [3.8, 4) is 0 Å². The van der Waals surface area contributed by atoms with Gasteiger partial charge in [-0.3, -0.25) is 14.5 Å². The summed E-state index contributed by atoms with van der Waals surface area (Å²) in [7, 11) is 0. The summed E-state index contributed by atoms with van der Waals surface area (Å²) in [5.74, 6) is -0.445. The molecule has 2 heterocycles. The molecule has 0 radical (unpaired) electrons. The van der Waals surface area contributed by atoms with Crippen LogP contribution in [0.15, 0.2) is 53.7 Å². The van der Waals surface area contributed by atoms with Gasteiger partial charge in [-0.05, 0) is 30.2 Å². The molecular formula is C24H26N4O4. The first kappa shape index (κ1) is 21.7. The number of nitrogens with one attached hydrogen (secondary N) is 1. The summed E-state index contributed by atoms with van der Waals surface area (Å²) in [6.07, 6.45) is 1.10. The third-order valence-electron chi connectivity index (χ3n) is 5.67. The summed E-state index contributed by atoms with van der Waals surface area (Å²) < 4.78 is 0. The van der Waals surface area contributed by atoms with Crippen molar-refractivity contribution < 1.29 is 19.2 Å². The van der Waals surface area contributed by atoms with Gasteiger partial charge in [-0.1, -0.05) is 35.5 Å². The van der Waals surface area contributed by atoms with Gasteiger partial charge in [0, 0.05) is 62.9 Å². The van der Waals surface area contributed by atoms with E-state index in [4.69, 9.17) is 4.84 Å². The van der Waals surface area contributed by atoms with E-state index < -0.39 is 5.97 Å². The largest absolute Gasteiger partial charge is 0.336 e. The summed E-state index contributed by atoms with van der Waals surface area (Å²) in [6, 6.07) is 15.1. The van der Waals surface area contributed by atoms with E-state index in [1.807, 2.05) is 47.4 Å². The molecule has 1 fully saturated rings. The molecule has 2 aliphatic heterocycles. The lowest BCUT2D eigenvalue weighted by atomic mass is 10.00. The highest BCUT2D eigenvalue weighted by Crippen LogP contribution is 2.24. The van der Waals surface area contributed by atoms with E-state index in [-0.39, 0.29) is 11.8 Å². The van der Waals surface area contributed by atoms with Crippen molar-refractivity contribution in [2.24, 2.45) is 5.16 Å². The minimum atomic E-state index is -0.460. The second kappa shape index (κ2) is 9.74. The predicted octanol–water partition coefficient (Wildman–Crippen LogP) is 2.30. The standard InChI is InChI=1S/C24H26N4O4/c1-17(29)32-26-22(18-5-3-2-4-6-18)16-27-11-13-28(14-12-27)24(31)20-7-9-21-19(15-20)8-10-23(30)25-21/h2-7,9,15H,8,10-14,16H2,1H3,(H,25,30)/b26-22-. The SMILES string of the molecule is CC(=O)O/N=C(/CN1CCN(C(=O)c2ccc3c(c2)CCC(=O)N3)CC1)c1ccccc1. The summed E-state index contributed by atoms with van der Waals surface area (Å²) in [5, 5.41) is 6.90. The Bertz CT molecular complexity index is 1040. The van der Waals surface area contributed by atoms with Crippen LogP contribution < -0.4 is 5.32 Å². The second-order valence-corrected chi connectivity index (χ2v) is 7.98. The molecule has 2 aromatic rings. The maximum atomic E-state index is 13.0. The lowest BCUT2D eigenvalue weighted by Gasteiger charge is -2.35. The molecule has 2 aromatic carbocycles. The highest BCUT2D eigenvalue weighted by atomic mass is 16.7. The molecular weight excluding hydrogens is 408 g/mol. The molecule has 0 unspecified atom stereocenters. The van der Waals surface area contributed by atoms with E-state index in [1.54, 1.807) is 6.07 Å². The Labute approximate surface area is 186 Å². The van der Waals surface area contributed by atoms with Gasteiger partial charge in [0.15, 0.2) is 0 Å². The Hall–Kier alpha value is -3.52. The molecule has 1 N–H and O–H groups in total. The number of oxime groups is 1. The van der Waals surface area contributed by atoms with Crippen LogP contribution in [0, 0.1) is 0 Å². The zero-order chi connectivity index (χ0) is 22.5. The number of carbonyl (C=O) groups excluding carboxylic acids is 3. The molecule has 166 valence electrons. The van der Waals surface area contributed by atoms with E-state index in [2.05, 4.69) is 15.4 Å². The number of nitrogens with zero attached hydrogens (tertiary/aromatic N) is 3. The number of rotatable bonds is 5. The first-order valence-electron chi connectivity index (χ1n) is 10.7. The third kappa shape index (κ3) is 5.20. The van der Waals surface area contributed by atoms with Gasteiger partial charge in [-0.15, -0.1) is 0 Å². The Morgan fingerprint density at radius 2 is 1.75 bits per heavy atom. The molecule has 1 saturated heterocycles. The molecule has 0 spiro atoms. The molecule has 0 aliphatic carbocycles. The molecule has 8 heteroatoms. The zero-order valence-electron chi connectivity index (χ0n) is 18.0. The average Bonchev–Trinajstić information content (AvgIpc) is 2.82. The van der Waals surface area contributed by atoms with Crippen molar-refractivity contribution in [3.05, 3.63) is 65.2 Å². The van der Waals surface area contributed by atoms with Crippen LogP contribution in [0.4, 0.5) is 5.69 Å². The maximum absolute atomic E-state index is 13.0. The normalized spacial score (nSPS) is 16.8. The van der Waals surface area contributed by atoms with Crippen LogP contribution in [-0.2, 0) is 20.8 Å². The third-order valence-corrected chi connectivity index (χ3v) is 5.67. The van der Waals surface area contributed by atoms with E-state index >= 15 is 0 Å². The van der Waals surface area contributed by atoms with Gasteiger partial charge in [-0.2, -0.15) is 0 Å². The quantitative estimate of drug-likeness (QED) is 0.443. The van der Waals surface area contributed by atoms with Gasteiger partial charge in [0.05, 0.1) is 0 Å². The Morgan fingerprint density at radius 3 is 2.47 bits per heavy atom. The van der Waals surface area contributed by atoms with E-state index in [0.717, 1.165) is 16.8 Å². The smallest absolute Gasteiger partial charge is 0.331 e. The van der Waals surface area contributed by atoms with Gasteiger partial charge in [0.25, 0.3) is 5.91 Å². The van der Waals surface area contributed by atoms with E-state index in [9.17, 15) is 14.4 Å². The molecule has 0 bridgehead atoms. The molecule has 2 amide bonds. The number of benzene rings is 2. The van der Waals surface area contributed by atoms with Crippen molar-refractivity contribution >= 4 is 29.2 Å². The van der Waals surface area contributed by atoms with Gasteiger partial charge in [-0.25, -0.2) is 4.79 Å². The molecule has 8 nitrogen and oxygen atoms in total. The van der Waals surface area contributed by atoms with E-state index in [0.29, 0.717) is 56.8 Å². The Balaban J connectivity index is 1.38. The topological polar surface area (TPSA) is 91.3 Å². The predicted molar refractivity (Wildman–Crippen MR) is 120 cm³/mol. The zero-order valence-corrected chi connectivity index (χ0v) is 18.0. The first-order chi connectivity index (χ1) is 15.5. The van der Waals surface area contributed by atoms with Crippen molar-refractivity contribution in [2.45, 2.75) is 19.8 Å². The fourth-order valence-corrected chi connectivity index (χ4v) is 3.94. The molecule has 32 heavy (non-hydrogen) atoms. The Morgan fingerprint density at radius 1 is 1.00 bits per heavy atom. The summed E-state index contributed by atoms with van der Waals surface area (Å²) in [6.45, 7) is 4.44. The fourth-order valence-electron chi connectivity index (χ4n) is 3.94. The summed E-state index contributed by atoms with van der Waals surface area (Å²) >= 11 is 0. The lowest BCUT2D eigenvalue weighted by molar-refractivity contribution is -0.141. The van der Waals surface area contributed by atoms with Crippen LogP contribution in [0.2, 0.25) is 0 Å². The van der Waals surface area contributed by atoms with Crippen LogP contribution in [0.25, 0.3) is 0 Å². The second-order valence-electron chi connectivity index (χ2n) is 7.98. The maximum Gasteiger partial charge on any atom is 0.331 e. The van der Waals surface area contributed by atoms with Crippen LogP contribution >= 0.6 is 0 Å². The number of hydrogen-bond donors (Lipinski definition) is 1. The Kier molecular flexibility index (Phi) is 6.61. The number of hydrogen-bond acceptors (Lipinski definition) is 6. The molecule has 4 rings (SSSR count). The minimum absolute atomic E-state index is 0.00112. The van der Waals surface area contributed by atoms with Crippen molar-refractivity contribution in [3.63, 3.8) is 0 Å². The lowest BCUT2D eigenvalue weighted by Crippen LogP contribution is -2.50. The number of carbonyl (C=O) groups is 3. The highest BCUT2D eigenvalue weighted by molar-refractivity contribution is 6.02. The van der Waals surface area contributed by atoms with Crippen molar-refractivity contribution in [2.75, 3.05) is 38.0 Å². The summed E-state index contributed by atoms with van der Waals surface area (Å²) in [4.78, 5) is 44.7. The number of amides is 2. The van der Waals surface area contributed by atoms with Crippen molar-refractivity contribution in [1.29, 1.82) is 0 Å². The van der Waals surface area contributed by atoms with E-state index in [1.165, 1.54) is 6.92 Å². The summed E-state index contributed by atoms with van der Waals surface area (Å²) in [5.41, 5.74) is 4.02. The monoisotopic (exact) mass is 434 g/mol. The average molecular weight is 434 g/mol. The molecule has 0 saturated carbocycles. The molecule has 0 atom stereocenters. The van der Waals surface area contributed by atoms with Crippen LogP contribution in [0.1, 0.15) is 34.8 Å². The number of fused-ring (bicyclic) bond motifs is 1.